The lowest BCUT2D eigenvalue weighted by Crippen LogP contribution is -2.40. The maximum absolute atomic E-state index is 12.8. The quantitative estimate of drug-likeness (QED) is 0.800. The number of nitrogens with zero attached hydrogens (tertiary/aromatic N) is 1. The van der Waals surface area contributed by atoms with Crippen LogP contribution in [0.2, 0.25) is 0 Å². The van der Waals surface area contributed by atoms with Crippen LogP contribution in [-0.4, -0.2) is 49.3 Å². The van der Waals surface area contributed by atoms with Gasteiger partial charge in [0.05, 0.1) is 18.6 Å². The second-order valence-corrected chi connectivity index (χ2v) is 5.60. The second kappa shape index (κ2) is 8.80. The summed E-state index contributed by atoms with van der Waals surface area (Å²) in [5.41, 5.74) is 1.03. The van der Waals surface area contributed by atoms with Gasteiger partial charge >= 0.3 is 0 Å². The Morgan fingerprint density at radius 2 is 1.95 bits per heavy atom. The Kier molecular flexibility index (Phi) is 7.40. The highest BCUT2D eigenvalue weighted by Crippen LogP contribution is 2.28. The van der Waals surface area contributed by atoms with Gasteiger partial charge in [0.2, 0.25) is 5.91 Å². The van der Waals surface area contributed by atoms with Crippen molar-refractivity contribution in [3.05, 3.63) is 35.9 Å². The van der Waals surface area contributed by atoms with Crippen molar-refractivity contribution in [2.45, 2.75) is 32.3 Å². The van der Waals surface area contributed by atoms with Gasteiger partial charge in [-0.05, 0) is 11.5 Å². The van der Waals surface area contributed by atoms with Gasteiger partial charge in [0.25, 0.3) is 0 Å². The first-order valence-corrected chi connectivity index (χ1v) is 7.48. The summed E-state index contributed by atoms with van der Waals surface area (Å²) in [4.78, 5) is 14.4. The lowest BCUT2D eigenvalue weighted by molar-refractivity contribution is -0.134. The number of carbonyl (C=O) groups excluding carboxylic acids is 1. The smallest absolute Gasteiger partial charge is 0.230 e. The van der Waals surface area contributed by atoms with Crippen LogP contribution in [0.5, 0.6) is 0 Å². The molecule has 118 valence electrons. The van der Waals surface area contributed by atoms with Crippen molar-refractivity contribution in [2.75, 3.05) is 27.3 Å². The van der Waals surface area contributed by atoms with Gasteiger partial charge in [-0.2, -0.15) is 0 Å². The average molecular weight is 293 g/mol. The van der Waals surface area contributed by atoms with Crippen LogP contribution < -0.4 is 0 Å². The molecule has 1 rings (SSSR count). The molecule has 0 saturated heterocycles. The van der Waals surface area contributed by atoms with Crippen LogP contribution in [0.3, 0.4) is 0 Å². The highest BCUT2D eigenvalue weighted by molar-refractivity contribution is 5.83. The van der Waals surface area contributed by atoms with E-state index in [9.17, 15) is 9.90 Å². The number of ether oxygens (including phenoxy) is 1. The fourth-order valence-corrected chi connectivity index (χ4v) is 2.50. The van der Waals surface area contributed by atoms with Crippen LogP contribution in [0.1, 0.15) is 31.7 Å². The molecule has 0 bridgehead atoms. The molecule has 0 saturated carbocycles. The minimum atomic E-state index is -0.655. The highest BCUT2D eigenvalue weighted by atomic mass is 16.5. The van der Waals surface area contributed by atoms with Gasteiger partial charge in [0.1, 0.15) is 0 Å². The molecule has 0 heterocycles. The lowest BCUT2D eigenvalue weighted by atomic mass is 9.84. The number of amides is 1. The van der Waals surface area contributed by atoms with Crippen LogP contribution in [0.15, 0.2) is 30.3 Å². The molecule has 1 N–H and O–H groups in total. The molecule has 0 radical (unpaired) electrons. The minimum Gasteiger partial charge on any atom is -0.389 e. The van der Waals surface area contributed by atoms with E-state index >= 15 is 0 Å². The number of hydrogen-bond acceptors (Lipinski definition) is 3. The van der Waals surface area contributed by atoms with E-state index in [0.717, 1.165) is 12.0 Å². The van der Waals surface area contributed by atoms with Crippen LogP contribution in [0.25, 0.3) is 0 Å². The van der Waals surface area contributed by atoms with E-state index in [1.165, 1.54) is 7.11 Å². The highest BCUT2D eigenvalue weighted by Gasteiger charge is 2.29. The van der Waals surface area contributed by atoms with E-state index in [1.807, 2.05) is 30.3 Å². The molecular weight excluding hydrogens is 266 g/mol. The monoisotopic (exact) mass is 293 g/mol. The zero-order valence-corrected chi connectivity index (χ0v) is 13.5. The van der Waals surface area contributed by atoms with E-state index in [1.54, 1.807) is 11.9 Å². The molecule has 1 aromatic carbocycles. The normalized spacial score (nSPS) is 15.3. The summed E-state index contributed by atoms with van der Waals surface area (Å²) in [6, 6.07) is 9.85. The predicted octanol–water partition coefficient (Wildman–Crippen LogP) is 2.28. The Morgan fingerprint density at radius 1 is 1.33 bits per heavy atom. The van der Waals surface area contributed by atoms with Gasteiger partial charge in [-0.15, -0.1) is 0 Å². The number of hydrogen-bond donors (Lipinski definition) is 1. The van der Waals surface area contributed by atoms with Crippen molar-refractivity contribution in [3.63, 3.8) is 0 Å². The third kappa shape index (κ3) is 5.14. The largest absolute Gasteiger partial charge is 0.389 e. The maximum atomic E-state index is 12.8. The fourth-order valence-electron chi connectivity index (χ4n) is 2.50. The molecule has 0 aliphatic heterocycles. The van der Waals surface area contributed by atoms with Gasteiger partial charge in [0.15, 0.2) is 0 Å². The SMILES string of the molecule is CCC(C)C(C(=O)N(C)CC(O)COC)c1ccccc1. The minimum absolute atomic E-state index is 0.0469. The molecule has 0 aliphatic rings. The second-order valence-electron chi connectivity index (χ2n) is 5.60. The first-order chi connectivity index (χ1) is 10.0. The molecule has 4 heteroatoms. The summed E-state index contributed by atoms with van der Waals surface area (Å²) in [6.07, 6.45) is 0.275. The van der Waals surface area contributed by atoms with Crippen LogP contribution >= 0.6 is 0 Å². The topological polar surface area (TPSA) is 49.8 Å². The standard InChI is InChI=1S/C17H27NO3/c1-5-13(2)16(14-9-7-6-8-10-14)17(20)18(3)11-15(19)12-21-4/h6-10,13,15-16,19H,5,11-12H2,1-4H3. The molecule has 0 aromatic heterocycles. The van der Waals surface area contributed by atoms with Crippen LogP contribution in [0.4, 0.5) is 0 Å². The molecule has 0 spiro atoms. The molecule has 0 fully saturated rings. The van der Waals surface area contributed by atoms with Crippen molar-refractivity contribution >= 4 is 5.91 Å². The molecule has 3 unspecified atom stereocenters. The van der Waals surface area contributed by atoms with Crippen molar-refractivity contribution in [2.24, 2.45) is 5.92 Å². The molecule has 3 atom stereocenters. The fraction of sp³-hybridized carbons (Fsp3) is 0.588. The van der Waals surface area contributed by atoms with Crippen LogP contribution in [-0.2, 0) is 9.53 Å². The Bertz CT molecular complexity index is 421. The Balaban J connectivity index is 2.86. The Morgan fingerprint density at radius 3 is 2.48 bits per heavy atom. The Hall–Kier alpha value is -1.39. The summed E-state index contributed by atoms with van der Waals surface area (Å²) in [6.45, 7) is 4.70. The van der Waals surface area contributed by atoms with E-state index in [4.69, 9.17) is 4.74 Å². The lowest BCUT2D eigenvalue weighted by Gasteiger charge is -2.29. The molecule has 4 nitrogen and oxygen atoms in total. The van der Waals surface area contributed by atoms with Gasteiger partial charge < -0.3 is 14.7 Å². The summed E-state index contributed by atoms with van der Waals surface area (Å²) in [5, 5.41) is 9.80. The zero-order valence-electron chi connectivity index (χ0n) is 13.5. The first kappa shape index (κ1) is 17.7. The maximum Gasteiger partial charge on any atom is 0.230 e. The summed E-state index contributed by atoms with van der Waals surface area (Å²) < 4.78 is 4.91. The summed E-state index contributed by atoms with van der Waals surface area (Å²) in [5.74, 6) is 0.128. The zero-order chi connectivity index (χ0) is 15.8. The summed E-state index contributed by atoms with van der Waals surface area (Å²) >= 11 is 0. The van der Waals surface area contributed by atoms with Gasteiger partial charge in [-0.3, -0.25) is 4.79 Å². The molecule has 1 amide bonds. The third-order valence-electron chi connectivity index (χ3n) is 3.86. The molecular formula is C17H27NO3. The molecule has 0 aliphatic carbocycles. The van der Waals surface area contributed by atoms with Gasteiger partial charge in [0, 0.05) is 20.7 Å². The molecule has 1 aromatic rings. The average Bonchev–Trinajstić information content (AvgIpc) is 2.48. The van der Waals surface area contributed by atoms with E-state index < -0.39 is 6.10 Å². The predicted molar refractivity (Wildman–Crippen MR) is 84.2 cm³/mol. The van der Waals surface area contributed by atoms with Crippen molar-refractivity contribution in [1.82, 2.24) is 4.90 Å². The number of aliphatic hydroxyl groups excluding tert-OH is 1. The third-order valence-corrected chi connectivity index (χ3v) is 3.86. The van der Waals surface area contributed by atoms with Gasteiger partial charge in [-0.25, -0.2) is 0 Å². The van der Waals surface area contributed by atoms with E-state index in [0.29, 0.717) is 0 Å². The number of likely N-dealkylation sites (N-methyl/N-ethyl adjacent to an activating group) is 1. The molecule has 21 heavy (non-hydrogen) atoms. The number of rotatable bonds is 8. The number of carbonyl (C=O) groups is 1. The van der Waals surface area contributed by atoms with Crippen molar-refractivity contribution in [1.29, 1.82) is 0 Å². The number of methoxy groups -OCH3 is 1. The number of aliphatic hydroxyl groups is 1. The van der Waals surface area contributed by atoms with E-state index in [2.05, 4.69) is 13.8 Å². The van der Waals surface area contributed by atoms with Gasteiger partial charge in [-0.1, -0.05) is 50.6 Å². The number of benzene rings is 1. The summed E-state index contributed by atoms with van der Waals surface area (Å²) in [7, 11) is 3.27. The van der Waals surface area contributed by atoms with Crippen LogP contribution in [0, 0.1) is 5.92 Å². The van der Waals surface area contributed by atoms with Crippen molar-refractivity contribution in [3.8, 4) is 0 Å². The van der Waals surface area contributed by atoms with Crippen molar-refractivity contribution < 1.29 is 14.6 Å². The van der Waals surface area contributed by atoms with E-state index in [-0.39, 0.29) is 30.9 Å². The Labute approximate surface area is 127 Å². The first-order valence-electron chi connectivity index (χ1n) is 7.48.